The molecule has 0 saturated heterocycles. The Kier molecular flexibility index (Phi) is 3.32. The Bertz CT molecular complexity index is 678. The van der Waals surface area contributed by atoms with Gasteiger partial charge in [0.25, 0.3) is 5.69 Å². The first kappa shape index (κ1) is 13.5. The van der Waals surface area contributed by atoms with Crippen molar-refractivity contribution >= 4 is 11.6 Å². The number of anilines is 1. The van der Waals surface area contributed by atoms with Crippen molar-refractivity contribution in [3.05, 3.63) is 45.8 Å². The normalized spacial score (nSPS) is 14.2. The molecule has 1 aliphatic carbocycles. The summed E-state index contributed by atoms with van der Waals surface area (Å²) in [5.41, 5.74) is 0.858. The van der Waals surface area contributed by atoms with E-state index in [1.165, 1.54) is 0 Å². The highest BCUT2D eigenvalue weighted by Gasteiger charge is 2.33. The summed E-state index contributed by atoms with van der Waals surface area (Å²) < 4.78 is 1.92. The van der Waals surface area contributed by atoms with Gasteiger partial charge in [-0.2, -0.15) is 0 Å². The molecule has 1 aromatic heterocycles. The second kappa shape index (κ2) is 5.16. The molecule has 0 aliphatic heterocycles. The van der Waals surface area contributed by atoms with Crippen molar-refractivity contribution in [2.24, 2.45) is 7.05 Å². The van der Waals surface area contributed by atoms with Crippen molar-refractivity contribution in [1.82, 2.24) is 14.8 Å². The number of hydrogen-bond donors (Lipinski definition) is 0. The highest BCUT2D eigenvalue weighted by Crippen LogP contribution is 2.33. The number of aryl methyl sites for hydroxylation is 1. The van der Waals surface area contributed by atoms with Crippen molar-refractivity contribution in [2.45, 2.75) is 32.4 Å². The molecule has 0 unspecified atom stereocenters. The van der Waals surface area contributed by atoms with Crippen LogP contribution in [0, 0.1) is 17.0 Å². The van der Waals surface area contributed by atoms with Gasteiger partial charge < -0.3 is 9.47 Å². The van der Waals surface area contributed by atoms with Gasteiger partial charge in [0, 0.05) is 24.7 Å². The lowest BCUT2D eigenvalue weighted by atomic mass is 10.1. The van der Waals surface area contributed by atoms with Crippen LogP contribution in [0.4, 0.5) is 11.6 Å². The van der Waals surface area contributed by atoms with E-state index >= 15 is 0 Å². The monoisotopic (exact) mass is 287 g/mol. The molecule has 7 nitrogen and oxygen atoms in total. The van der Waals surface area contributed by atoms with Crippen LogP contribution < -0.4 is 4.90 Å². The number of hydrogen-bond acceptors (Lipinski definition) is 5. The molecule has 1 fully saturated rings. The molecule has 1 aliphatic rings. The van der Waals surface area contributed by atoms with Crippen molar-refractivity contribution < 1.29 is 4.92 Å². The second-order valence-corrected chi connectivity index (χ2v) is 5.35. The zero-order chi connectivity index (χ0) is 15.0. The topological polar surface area (TPSA) is 77.1 Å². The SMILES string of the molecule is Cc1nnc(N(Cc2ccccc2[N+](=O)[O-])C2CC2)n1C. The van der Waals surface area contributed by atoms with Gasteiger partial charge in [-0.3, -0.25) is 10.1 Å². The van der Waals surface area contributed by atoms with Gasteiger partial charge in [0.05, 0.1) is 11.5 Å². The highest BCUT2D eigenvalue weighted by atomic mass is 16.6. The number of benzene rings is 1. The van der Waals surface area contributed by atoms with Crippen LogP contribution in [0.25, 0.3) is 0 Å². The average molecular weight is 287 g/mol. The van der Waals surface area contributed by atoms with E-state index in [1.54, 1.807) is 18.2 Å². The van der Waals surface area contributed by atoms with Crippen LogP contribution in [0.15, 0.2) is 24.3 Å². The Morgan fingerprint density at radius 3 is 2.67 bits per heavy atom. The standard InChI is InChI=1S/C14H17N5O2/c1-10-15-16-14(17(10)2)18(12-7-8-12)9-11-5-3-4-6-13(11)19(20)21/h3-6,12H,7-9H2,1-2H3. The summed E-state index contributed by atoms with van der Waals surface area (Å²) >= 11 is 0. The summed E-state index contributed by atoms with van der Waals surface area (Å²) in [5, 5.41) is 19.5. The predicted molar refractivity (Wildman–Crippen MR) is 78.0 cm³/mol. The van der Waals surface area contributed by atoms with Crippen LogP contribution in [-0.2, 0) is 13.6 Å². The fraction of sp³-hybridized carbons (Fsp3) is 0.429. The highest BCUT2D eigenvalue weighted by molar-refractivity contribution is 5.45. The first-order valence-corrected chi connectivity index (χ1v) is 6.93. The van der Waals surface area contributed by atoms with Gasteiger partial charge in [0.2, 0.25) is 5.95 Å². The molecule has 1 saturated carbocycles. The van der Waals surface area contributed by atoms with Gasteiger partial charge in [0.15, 0.2) is 0 Å². The number of nitro groups is 1. The van der Waals surface area contributed by atoms with E-state index in [9.17, 15) is 10.1 Å². The minimum atomic E-state index is -0.331. The summed E-state index contributed by atoms with van der Waals surface area (Å²) in [7, 11) is 1.92. The Hall–Kier alpha value is -2.44. The van der Waals surface area contributed by atoms with Gasteiger partial charge in [-0.05, 0) is 19.8 Å². The fourth-order valence-electron chi connectivity index (χ4n) is 2.40. The first-order valence-electron chi connectivity index (χ1n) is 6.93. The van der Waals surface area contributed by atoms with Crippen LogP contribution >= 0.6 is 0 Å². The van der Waals surface area contributed by atoms with Gasteiger partial charge in [-0.15, -0.1) is 10.2 Å². The van der Waals surface area contributed by atoms with Gasteiger partial charge in [-0.25, -0.2) is 0 Å². The third-order valence-corrected chi connectivity index (χ3v) is 3.84. The number of nitrogens with zero attached hydrogens (tertiary/aromatic N) is 5. The molecule has 0 radical (unpaired) electrons. The second-order valence-electron chi connectivity index (χ2n) is 5.35. The van der Waals surface area contributed by atoms with Crippen molar-refractivity contribution in [3.8, 4) is 0 Å². The summed E-state index contributed by atoms with van der Waals surface area (Å²) in [4.78, 5) is 12.9. The van der Waals surface area contributed by atoms with Crippen LogP contribution in [0.5, 0.6) is 0 Å². The minimum absolute atomic E-state index is 0.155. The molecule has 3 rings (SSSR count). The molecule has 1 heterocycles. The molecule has 0 bridgehead atoms. The summed E-state index contributed by atoms with van der Waals surface area (Å²) in [5.74, 6) is 1.60. The van der Waals surface area contributed by atoms with E-state index in [-0.39, 0.29) is 10.6 Å². The average Bonchev–Trinajstić information content (AvgIpc) is 3.25. The molecule has 0 spiro atoms. The summed E-state index contributed by atoms with van der Waals surface area (Å²) in [6.45, 7) is 2.38. The van der Waals surface area contributed by atoms with Crippen LogP contribution in [0.1, 0.15) is 24.2 Å². The van der Waals surface area contributed by atoms with Crippen LogP contribution in [0.3, 0.4) is 0 Å². The number of rotatable bonds is 5. The maximum absolute atomic E-state index is 11.2. The number of aromatic nitrogens is 3. The lowest BCUT2D eigenvalue weighted by molar-refractivity contribution is -0.385. The minimum Gasteiger partial charge on any atom is -0.333 e. The molecule has 21 heavy (non-hydrogen) atoms. The van der Waals surface area contributed by atoms with Crippen LogP contribution in [0.2, 0.25) is 0 Å². The molecule has 0 N–H and O–H groups in total. The van der Waals surface area contributed by atoms with Crippen molar-refractivity contribution in [2.75, 3.05) is 4.90 Å². The lowest BCUT2D eigenvalue weighted by Crippen LogP contribution is -2.28. The molecule has 0 atom stereocenters. The third-order valence-electron chi connectivity index (χ3n) is 3.84. The largest absolute Gasteiger partial charge is 0.333 e. The van der Waals surface area contributed by atoms with Gasteiger partial charge in [0.1, 0.15) is 5.82 Å². The Morgan fingerprint density at radius 2 is 2.10 bits per heavy atom. The van der Waals surface area contributed by atoms with E-state index in [1.807, 2.05) is 24.6 Å². The third kappa shape index (κ3) is 2.58. The number of para-hydroxylation sites is 1. The van der Waals surface area contributed by atoms with E-state index < -0.39 is 0 Å². The molecule has 2 aromatic rings. The van der Waals surface area contributed by atoms with Gasteiger partial charge in [-0.1, -0.05) is 18.2 Å². The van der Waals surface area contributed by atoms with Crippen molar-refractivity contribution in [1.29, 1.82) is 0 Å². The first-order chi connectivity index (χ1) is 10.1. The zero-order valence-electron chi connectivity index (χ0n) is 12.1. The molecule has 0 amide bonds. The molecular weight excluding hydrogens is 270 g/mol. The molecular formula is C14H17N5O2. The summed E-state index contributed by atoms with van der Waals surface area (Å²) in [6, 6.07) is 7.26. The maximum Gasteiger partial charge on any atom is 0.274 e. The van der Waals surface area contributed by atoms with E-state index in [2.05, 4.69) is 15.1 Å². The zero-order valence-corrected chi connectivity index (χ0v) is 12.1. The van der Waals surface area contributed by atoms with Gasteiger partial charge >= 0.3 is 0 Å². The Balaban J connectivity index is 1.94. The lowest BCUT2D eigenvalue weighted by Gasteiger charge is -2.22. The Morgan fingerprint density at radius 1 is 1.38 bits per heavy atom. The fourth-order valence-corrected chi connectivity index (χ4v) is 2.40. The molecule has 1 aromatic carbocycles. The quantitative estimate of drug-likeness (QED) is 0.622. The van der Waals surface area contributed by atoms with E-state index in [4.69, 9.17) is 0 Å². The number of nitro benzene ring substituents is 1. The molecule has 7 heteroatoms. The predicted octanol–water partition coefficient (Wildman–Crippen LogP) is 2.20. The van der Waals surface area contributed by atoms with Crippen LogP contribution in [-0.4, -0.2) is 25.7 Å². The van der Waals surface area contributed by atoms with E-state index in [0.29, 0.717) is 18.2 Å². The molecule has 110 valence electrons. The maximum atomic E-state index is 11.2. The van der Waals surface area contributed by atoms with E-state index in [0.717, 1.165) is 24.6 Å². The van der Waals surface area contributed by atoms with Crippen molar-refractivity contribution in [3.63, 3.8) is 0 Å². The Labute approximate surface area is 122 Å². The smallest absolute Gasteiger partial charge is 0.274 e. The summed E-state index contributed by atoms with van der Waals surface area (Å²) in [6.07, 6.45) is 2.18.